The molecule has 0 spiro atoms. The van der Waals surface area contributed by atoms with Gasteiger partial charge in [0, 0.05) is 16.8 Å². The molecule has 21 heavy (non-hydrogen) atoms. The summed E-state index contributed by atoms with van der Waals surface area (Å²) < 4.78 is 30.3. The summed E-state index contributed by atoms with van der Waals surface area (Å²) in [6.45, 7) is 1.48. The van der Waals surface area contributed by atoms with E-state index >= 15 is 0 Å². The molecule has 0 aliphatic carbocycles. The number of anilines is 1. The van der Waals surface area contributed by atoms with Crippen LogP contribution in [0.4, 0.5) is 14.5 Å². The Morgan fingerprint density at radius 1 is 1.48 bits per heavy atom. The summed E-state index contributed by atoms with van der Waals surface area (Å²) in [5, 5.41) is 3.80. The van der Waals surface area contributed by atoms with Crippen molar-refractivity contribution in [2.75, 3.05) is 16.8 Å². The lowest BCUT2D eigenvalue weighted by Gasteiger charge is -2.39. The third kappa shape index (κ3) is 4.39. The minimum absolute atomic E-state index is 0.0855. The predicted molar refractivity (Wildman–Crippen MR) is 88.9 cm³/mol. The highest BCUT2D eigenvalue weighted by Crippen LogP contribution is 2.41. The van der Waals surface area contributed by atoms with Crippen molar-refractivity contribution in [2.45, 2.75) is 32.9 Å². The van der Waals surface area contributed by atoms with Gasteiger partial charge in [-0.2, -0.15) is 20.5 Å². The molecular weight excluding hydrogens is 384 g/mol. The maximum Gasteiger partial charge on any atom is 0.387 e. The molecule has 118 valence electrons. The van der Waals surface area contributed by atoms with E-state index in [2.05, 4.69) is 39.8 Å². The first-order chi connectivity index (χ1) is 9.79. The normalized spacial score (nSPS) is 21.4. The van der Waals surface area contributed by atoms with Crippen molar-refractivity contribution in [1.82, 2.24) is 0 Å². The van der Waals surface area contributed by atoms with Crippen molar-refractivity contribution in [2.24, 2.45) is 5.41 Å². The van der Waals surface area contributed by atoms with Crippen molar-refractivity contribution in [3.63, 3.8) is 0 Å². The van der Waals surface area contributed by atoms with Crippen molar-refractivity contribution in [1.29, 1.82) is 0 Å². The van der Waals surface area contributed by atoms with Crippen molar-refractivity contribution in [3.05, 3.63) is 21.6 Å². The first-order valence-corrected chi connectivity index (χ1v) is 8.90. The Hall–Kier alpha value is -0.200. The Balaban J connectivity index is 2.29. The van der Waals surface area contributed by atoms with Gasteiger partial charge in [-0.05, 0) is 45.7 Å². The van der Waals surface area contributed by atoms with Crippen LogP contribution in [-0.4, -0.2) is 24.2 Å². The van der Waals surface area contributed by atoms with Crippen LogP contribution in [0.2, 0.25) is 5.02 Å². The minimum atomic E-state index is -2.88. The van der Waals surface area contributed by atoms with Gasteiger partial charge < -0.3 is 10.1 Å². The second-order valence-corrected chi connectivity index (χ2v) is 8.09. The van der Waals surface area contributed by atoms with E-state index < -0.39 is 6.61 Å². The van der Waals surface area contributed by atoms with Gasteiger partial charge in [-0.3, -0.25) is 0 Å². The molecule has 0 amide bonds. The van der Waals surface area contributed by atoms with Crippen LogP contribution in [0.3, 0.4) is 0 Å². The molecule has 1 aliphatic heterocycles. The number of alkyl halides is 2. The molecule has 0 aromatic heterocycles. The Morgan fingerprint density at radius 2 is 2.19 bits per heavy atom. The number of benzene rings is 1. The SMILES string of the molecule is CC1(C)CCSCC1Nc1cc(Cl)cc(Br)c1OC(F)F. The van der Waals surface area contributed by atoms with E-state index in [0.29, 0.717) is 15.2 Å². The average molecular weight is 401 g/mol. The first-order valence-electron chi connectivity index (χ1n) is 6.58. The van der Waals surface area contributed by atoms with Gasteiger partial charge in [0.2, 0.25) is 0 Å². The van der Waals surface area contributed by atoms with Gasteiger partial charge in [0.1, 0.15) is 0 Å². The summed E-state index contributed by atoms with van der Waals surface area (Å²) in [5.74, 6) is 2.14. The monoisotopic (exact) mass is 399 g/mol. The van der Waals surface area contributed by atoms with Gasteiger partial charge in [0.15, 0.2) is 5.75 Å². The highest BCUT2D eigenvalue weighted by molar-refractivity contribution is 9.10. The summed E-state index contributed by atoms with van der Waals surface area (Å²) in [5.41, 5.74) is 0.581. The maximum absolute atomic E-state index is 12.6. The Labute approximate surface area is 141 Å². The summed E-state index contributed by atoms with van der Waals surface area (Å²) in [7, 11) is 0. The molecule has 0 radical (unpaired) electrons. The number of hydrogen-bond donors (Lipinski definition) is 1. The number of thioether (sulfide) groups is 1. The van der Waals surface area contributed by atoms with Crippen LogP contribution in [0.25, 0.3) is 0 Å². The Kier molecular flexibility index (Phi) is 5.65. The van der Waals surface area contributed by atoms with Gasteiger partial charge in [-0.25, -0.2) is 0 Å². The molecule has 2 nitrogen and oxygen atoms in total. The molecule has 0 saturated carbocycles. The largest absolute Gasteiger partial charge is 0.431 e. The van der Waals surface area contributed by atoms with Crippen molar-refractivity contribution >= 4 is 45.0 Å². The number of ether oxygens (including phenoxy) is 1. The van der Waals surface area contributed by atoms with E-state index in [9.17, 15) is 8.78 Å². The van der Waals surface area contributed by atoms with Crippen LogP contribution in [0.15, 0.2) is 16.6 Å². The fraction of sp³-hybridized carbons (Fsp3) is 0.571. The third-order valence-corrected chi connectivity index (χ3v) is 5.53. The molecule has 1 fully saturated rings. The molecule has 1 aromatic carbocycles. The zero-order valence-corrected chi connectivity index (χ0v) is 14.9. The van der Waals surface area contributed by atoms with E-state index in [1.54, 1.807) is 12.1 Å². The van der Waals surface area contributed by atoms with Crippen LogP contribution < -0.4 is 10.1 Å². The second-order valence-electron chi connectivity index (χ2n) is 5.65. The predicted octanol–water partition coefficient (Wildman–Crippen LogP) is 5.65. The molecule has 2 rings (SSSR count). The van der Waals surface area contributed by atoms with Gasteiger partial charge in [0.25, 0.3) is 0 Å². The van der Waals surface area contributed by atoms with E-state index in [0.717, 1.165) is 17.9 Å². The zero-order valence-electron chi connectivity index (χ0n) is 11.8. The zero-order chi connectivity index (χ0) is 15.6. The molecule has 1 aromatic rings. The smallest absolute Gasteiger partial charge is 0.387 e. The second kappa shape index (κ2) is 6.92. The van der Waals surface area contributed by atoms with Crippen LogP contribution in [-0.2, 0) is 0 Å². The van der Waals surface area contributed by atoms with Gasteiger partial charge in [-0.15, -0.1) is 0 Å². The summed E-state index contributed by atoms with van der Waals surface area (Å²) in [6, 6.07) is 3.34. The van der Waals surface area contributed by atoms with Gasteiger partial charge >= 0.3 is 6.61 Å². The van der Waals surface area contributed by atoms with Crippen LogP contribution >= 0.6 is 39.3 Å². The van der Waals surface area contributed by atoms with Crippen LogP contribution in [0, 0.1) is 5.41 Å². The standard InChI is InChI=1S/C14H17BrClF2NOS/c1-14(2)3-4-21-7-11(14)19-10-6-8(16)5-9(15)12(10)20-13(17)18/h5-6,11,13,19H,3-4,7H2,1-2H3. The van der Waals surface area contributed by atoms with Gasteiger partial charge in [-0.1, -0.05) is 25.4 Å². The van der Waals surface area contributed by atoms with E-state index in [-0.39, 0.29) is 17.2 Å². The lowest BCUT2D eigenvalue weighted by molar-refractivity contribution is -0.0499. The van der Waals surface area contributed by atoms with E-state index in [1.165, 1.54) is 0 Å². The Morgan fingerprint density at radius 3 is 2.81 bits per heavy atom. The highest BCUT2D eigenvalue weighted by atomic mass is 79.9. The molecule has 1 N–H and O–H groups in total. The number of nitrogens with one attached hydrogen (secondary N) is 1. The molecule has 7 heteroatoms. The van der Waals surface area contributed by atoms with Crippen LogP contribution in [0.1, 0.15) is 20.3 Å². The topological polar surface area (TPSA) is 21.3 Å². The molecule has 1 heterocycles. The fourth-order valence-corrected chi connectivity index (χ4v) is 4.75. The first kappa shape index (κ1) is 17.2. The van der Waals surface area contributed by atoms with E-state index in [1.807, 2.05) is 11.8 Å². The van der Waals surface area contributed by atoms with Crippen molar-refractivity contribution < 1.29 is 13.5 Å². The summed E-state index contributed by atoms with van der Waals surface area (Å²) >= 11 is 11.1. The minimum Gasteiger partial charge on any atom is -0.431 e. The van der Waals surface area contributed by atoms with Crippen LogP contribution in [0.5, 0.6) is 5.75 Å². The quantitative estimate of drug-likeness (QED) is 0.706. The van der Waals surface area contributed by atoms with Gasteiger partial charge in [0.05, 0.1) is 10.2 Å². The molecule has 1 saturated heterocycles. The Bertz CT molecular complexity index is 516. The summed E-state index contributed by atoms with van der Waals surface area (Å²) in [6.07, 6.45) is 1.07. The third-order valence-electron chi connectivity index (χ3n) is 3.66. The average Bonchev–Trinajstić information content (AvgIpc) is 2.35. The molecule has 1 unspecified atom stereocenters. The lowest BCUT2D eigenvalue weighted by atomic mass is 9.82. The molecule has 1 atom stereocenters. The summed E-state index contributed by atoms with van der Waals surface area (Å²) in [4.78, 5) is 0. The molecular formula is C14H17BrClF2NOS. The lowest BCUT2D eigenvalue weighted by Crippen LogP contribution is -2.41. The maximum atomic E-state index is 12.6. The number of hydrogen-bond acceptors (Lipinski definition) is 3. The van der Waals surface area contributed by atoms with Crippen molar-refractivity contribution in [3.8, 4) is 5.75 Å². The van der Waals surface area contributed by atoms with E-state index in [4.69, 9.17) is 11.6 Å². The number of rotatable bonds is 4. The molecule has 1 aliphatic rings. The highest BCUT2D eigenvalue weighted by Gasteiger charge is 2.33. The fourth-order valence-electron chi connectivity index (χ4n) is 2.24. The molecule has 0 bridgehead atoms. The number of halogens is 4.